The van der Waals surface area contributed by atoms with Crippen LogP contribution in [-0.4, -0.2) is 47.1 Å². The number of thioether (sulfide) groups is 1. The number of hydrogen-bond donors (Lipinski definition) is 1. The molecule has 0 saturated carbocycles. The SMILES string of the molecule is CSCC(C)CN1CC(O)CC1=O. The summed E-state index contributed by atoms with van der Waals surface area (Å²) < 4.78 is 0. The summed E-state index contributed by atoms with van der Waals surface area (Å²) in [5.41, 5.74) is 0. The molecule has 13 heavy (non-hydrogen) atoms. The summed E-state index contributed by atoms with van der Waals surface area (Å²) in [5, 5.41) is 9.25. The van der Waals surface area contributed by atoms with Gasteiger partial charge in [0.1, 0.15) is 0 Å². The van der Waals surface area contributed by atoms with E-state index in [0.717, 1.165) is 12.3 Å². The van der Waals surface area contributed by atoms with Gasteiger partial charge in [-0.05, 0) is 17.9 Å². The van der Waals surface area contributed by atoms with Crippen molar-refractivity contribution in [3.05, 3.63) is 0 Å². The Morgan fingerprint density at radius 2 is 2.46 bits per heavy atom. The van der Waals surface area contributed by atoms with Crippen molar-refractivity contribution >= 4 is 17.7 Å². The maximum absolute atomic E-state index is 11.3. The molecule has 0 spiro atoms. The molecule has 0 bridgehead atoms. The molecule has 4 heteroatoms. The zero-order valence-electron chi connectivity index (χ0n) is 8.19. The fraction of sp³-hybridized carbons (Fsp3) is 0.889. The van der Waals surface area contributed by atoms with E-state index >= 15 is 0 Å². The molecule has 1 aliphatic heterocycles. The fourth-order valence-corrected chi connectivity index (χ4v) is 2.32. The van der Waals surface area contributed by atoms with Gasteiger partial charge >= 0.3 is 0 Å². The van der Waals surface area contributed by atoms with Crippen molar-refractivity contribution in [2.45, 2.75) is 19.4 Å². The molecule has 3 nitrogen and oxygen atoms in total. The number of nitrogens with zero attached hydrogens (tertiary/aromatic N) is 1. The van der Waals surface area contributed by atoms with Crippen LogP contribution >= 0.6 is 11.8 Å². The van der Waals surface area contributed by atoms with Crippen molar-refractivity contribution in [3.63, 3.8) is 0 Å². The smallest absolute Gasteiger partial charge is 0.225 e. The average Bonchev–Trinajstić information content (AvgIpc) is 2.30. The van der Waals surface area contributed by atoms with E-state index in [-0.39, 0.29) is 5.91 Å². The van der Waals surface area contributed by atoms with Crippen LogP contribution in [0.25, 0.3) is 0 Å². The molecular formula is C9H17NO2S. The first-order valence-electron chi connectivity index (χ1n) is 4.58. The number of aliphatic hydroxyl groups is 1. The Morgan fingerprint density at radius 3 is 2.92 bits per heavy atom. The van der Waals surface area contributed by atoms with E-state index in [1.807, 2.05) is 0 Å². The molecule has 1 aliphatic rings. The zero-order valence-corrected chi connectivity index (χ0v) is 9.01. The van der Waals surface area contributed by atoms with Crippen molar-refractivity contribution in [2.75, 3.05) is 25.1 Å². The molecule has 2 unspecified atom stereocenters. The monoisotopic (exact) mass is 203 g/mol. The maximum atomic E-state index is 11.3. The molecule has 0 radical (unpaired) electrons. The van der Waals surface area contributed by atoms with E-state index in [2.05, 4.69) is 13.2 Å². The molecule has 0 aromatic carbocycles. The Labute approximate surface area is 83.5 Å². The van der Waals surface area contributed by atoms with Gasteiger partial charge in [-0.1, -0.05) is 6.92 Å². The molecule has 1 amide bonds. The third-order valence-corrected chi connectivity index (χ3v) is 3.08. The quantitative estimate of drug-likeness (QED) is 0.726. The van der Waals surface area contributed by atoms with Gasteiger partial charge in [-0.2, -0.15) is 11.8 Å². The van der Waals surface area contributed by atoms with E-state index < -0.39 is 6.10 Å². The highest BCUT2D eigenvalue weighted by atomic mass is 32.2. The van der Waals surface area contributed by atoms with Gasteiger partial charge in [-0.15, -0.1) is 0 Å². The summed E-state index contributed by atoms with van der Waals surface area (Å²) in [6, 6.07) is 0. The second-order valence-corrected chi connectivity index (χ2v) is 4.63. The highest BCUT2D eigenvalue weighted by molar-refractivity contribution is 7.98. The van der Waals surface area contributed by atoms with Crippen molar-refractivity contribution in [2.24, 2.45) is 5.92 Å². The summed E-state index contributed by atoms with van der Waals surface area (Å²) in [6.45, 7) is 3.45. The van der Waals surface area contributed by atoms with Crippen LogP contribution in [0.2, 0.25) is 0 Å². The van der Waals surface area contributed by atoms with E-state index in [9.17, 15) is 9.90 Å². The summed E-state index contributed by atoms with van der Waals surface area (Å²) >= 11 is 1.79. The largest absolute Gasteiger partial charge is 0.391 e. The maximum Gasteiger partial charge on any atom is 0.225 e. The predicted octanol–water partition coefficient (Wildman–Crippen LogP) is 0.579. The Hall–Kier alpha value is -0.220. The number of β-amino-alcohol motifs (C(OH)–C–C–N with tert-alkyl or cyclic N) is 1. The van der Waals surface area contributed by atoms with E-state index in [4.69, 9.17) is 0 Å². The van der Waals surface area contributed by atoms with Crippen molar-refractivity contribution < 1.29 is 9.90 Å². The number of hydrogen-bond acceptors (Lipinski definition) is 3. The molecule has 1 rings (SSSR count). The Balaban J connectivity index is 2.32. The number of carbonyl (C=O) groups is 1. The summed E-state index contributed by atoms with van der Waals surface area (Å²) in [7, 11) is 0. The molecule has 0 aromatic rings. The molecule has 1 heterocycles. The predicted molar refractivity (Wildman–Crippen MR) is 54.7 cm³/mol. The van der Waals surface area contributed by atoms with Gasteiger partial charge in [0, 0.05) is 13.1 Å². The van der Waals surface area contributed by atoms with Crippen LogP contribution in [0.4, 0.5) is 0 Å². The lowest BCUT2D eigenvalue weighted by atomic mass is 10.2. The van der Waals surface area contributed by atoms with E-state index in [1.165, 1.54) is 0 Å². The topological polar surface area (TPSA) is 40.5 Å². The standard InChI is InChI=1S/C9H17NO2S/c1-7(6-13-2)4-10-5-8(11)3-9(10)12/h7-8,11H,3-6H2,1-2H3. The Morgan fingerprint density at radius 1 is 1.77 bits per heavy atom. The molecule has 0 aliphatic carbocycles. The first-order chi connectivity index (χ1) is 6.13. The van der Waals surface area contributed by atoms with Crippen molar-refractivity contribution in [1.29, 1.82) is 0 Å². The van der Waals surface area contributed by atoms with Crippen molar-refractivity contribution in [3.8, 4) is 0 Å². The van der Waals surface area contributed by atoms with Crippen LogP contribution in [0, 0.1) is 5.92 Å². The summed E-state index contributed by atoms with van der Waals surface area (Å²) in [6.07, 6.45) is 1.94. The van der Waals surface area contributed by atoms with Crippen LogP contribution in [0.15, 0.2) is 0 Å². The van der Waals surface area contributed by atoms with Crippen LogP contribution in [0.1, 0.15) is 13.3 Å². The highest BCUT2D eigenvalue weighted by Crippen LogP contribution is 2.14. The van der Waals surface area contributed by atoms with Gasteiger partial charge in [0.15, 0.2) is 0 Å². The minimum absolute atomic E-state index is 0.0976. The number of amides is 1. The van der Waals surface area contributed by atoms with Gasteiger partial charge in [0.05, 0.1) is 12.5 Å². The second kappa shape index (κ2) is 4.86. The van der Waals surface area contributed by atoms with Gasteiger partial charge < -0.3 is 10.0 Å². The zero-order chi connectivity index (χ0) is 9.84. The number of likely N-dealkylation sites (tertiary alicyclic amines) is 1. The normalized spacial score (nSPS) is 25.3. The average molecular weight is 203 g/mol. The first-order valence-corrected chi connectivity index (χ1v) is 5.97. The molecular weight excluding hydrogens is 186 g/mol. The van der Waals surface area contributed by atoms with Crippen LogP contribution in [-0.2, 0) is 4.79 Å². The summed E-state index contributed by atoms with van der Waals surface area (Å²) in [5.74, 6) is 1.68. The van der Waals surface area contributed by atoms with E-state index in [0.29, 0.717) is 18.9 Å². The number of aliphatic hydroxyl groups excluding tert-OH is 1. The highest BCUT2D eigenvalue weighted by Gasteiger charge is 2.28. The third-order valence-electron chi connectivity index (χ3n) is 2.18. The van der Waals surface area contributed by atoms with Crippen LogP contribution in [0.3, 0.4) is 0 Å². The van der Waals surface area contributed by atoms with Crippen LogP contribution in [0.5, 0.6) is 0 Å². The lowest BCUT2D eigenvalue weighted by Crippen LogP contribution is -2.31. The molecule has 0 aromatic heterocycles. The Bertz CT molecular complexity index is 186. The first kappa shape index (κ1) is 10.9. The molecule has 76 valence electrons. The van der Waals surface area contributed by atoms with E-state index in [1.54, 1.807) is 16.7 Å². The molecule has 2 atom stereocenters. The van der Waals surface area contributed by atoms with Gasteiger partial charge in [-0.3, -0.25) is 4.79 Å². The fourth-order valence-electron chi connectivity index (χ4n) is 1.64. The minimum Gasteiger partial charge on any atom is -0.391 e. The van der Waals surface area contributed by atoms with Gasteiger partial charge in [0.2, 0.25) is 5.91 Å². The van der Waals surface area contributed by atoms with Crippen LogP contribution < -0.4 is 0 Å². The summed E-state index contributed by atoms with van der Waals surface area (Å²) in [4.78, 5) is 13.1. The Kier molecular flexibility index (Phi) is 4.06. The second-order valence-electron chi connectivity index (χ2n) is 3.72. The molecule has 1 fully saturated rings. The van der Waals surface area contributed by atoms with Crippen molar-refractivity contribution in [1.82, 2.24) is 4.90 Å². The lowest BCUT2D eigenvalue weighted by molar-refractivity contribution is -0.128. The number of rotatable bonds is 4. The molecule has 1 N–H and O–H groups in total. The van der Waals surface area contributed by atoms with Gasteiger partial charge in [-0.25, -0.2) is 0 Å². The molecule has 1 saturated heterocycles. The van der Waals surface area contributed by atoms with Gasteiger partial charge in [0.25, 0.3) is 0 Å². The lowest BCUT2D eigenvalue weighted by Gasteiger charge is -2.19. The minimum atomic E-state index is -0.436. The number of carbonyl (C=O) groups excluding carboxylic acids is 1. The third kappa shape index (κ3) is 3.19.